The van der Waals surface area contributed by atoms with Gasteiger partial charge >= 0.3 is 15.6 Å². The van der Waals surface area contributed by atoms with Crippen LogP contribution < -0.4 is 5.32 Å². The Morgan fingerprint density at radius 1 is 0.325 bits per heavy atom. The summed E-state index contributed by atoms with van der Waals surface area (Å²) in [6, 6.07) is 88.9. The largest absolute Gasteiger partial charge is 0.475 e. The lowest BCUT2D eigenvalue weighted by molar-refractivity contribution is -0.270. The smallest absolute Gasteiger partial charge is 0.387 e. The summed E-state index contributed by atoms with van der Waals surface area (Å²) in [7, 11) is -8.85. The molecule has 9 aromatic rings. The number of nitriles is 2. The summed E-state index contributed by atoms with van der Waals surface area (Å²) in [6.07, 6.45) is -19.2. The summed E-state index contributed by atoms with van der Waals surface area (Å²) < 4.78 is 163. The number of phosphoric ester groups is 2. The van der Waals surface area contributed by atoms with Crippen molar-refractivity contribution in [1.29, 1.82) is 10.5 Å². The molecule has 652 valence electrons. The van der Waals surface area contributed by atoms with Gasteiger partial charge in [0.1, 0.15) is 91.6 Å². The Hall–Kier alpha value is -8.91. The molecule has 17 atom stereocenters. The molecule has 2 N–H and O–H groups in total. The molecule has 28 heteroatoms. The van der Waals surface area contributed by atoms with Gasteiger partial charge in [-0.05, 0) is 56.5 Å². The summed E-state index contributed by atoms with van der Waals surface area (Å²) in [5.74, 6) is -0.169. The first-order valence-electron chi connectivity index (χ1n) is 41.5. The number of aliphatic hydroxyl groups excluding tert-OH is 1. The van der Waals surface area contributed by atoms with Gasteiger partial charge in [-0.3, -0.25) is 31.9 Å². The first-order valence-corrected chi connectivity index (χ1v) is 44.4. The van der Waals surface area contributed by atoms with E-state index in [0.29, 0.717) is 12.0 Å². The normalized spacial score (nSPS) is 23.7. The second-order valence-electron chi connectivity index (χ2n) is 29.7. The lowest BCUT2D eigenvalue weighted by atomic mass is 9.94. The number of ether oxygens (including phenoxy) is 13. The number of carbonyl (C=O) groups is 1. The van der Waals surface area contributed by atoms with Crippen molar-refractivity contribution in [2.24, 2.45) is 0 Å². The third-order valence-corrected chi connectivity index (χ3v) is 23.5. The Morgan fingerprint density at radius 3 is 0.829 bits per heavy atom. The number of benzene rings is 9. The van der Waals surface area contributed by atoms with Gasteiger partial charge in [-0.25, -0.2) is 9.13 Å². The third kappa shape index (κ3) is 30.2. The van der Waals surface area contributed by atoms with Crippen LogP contribution in [0.5, 0.6) is 0 Å². The number of carbonyl (C=O) groups excluding carboxylic acids is 1. The molecule has 0 radical (unpaired) electrons. The minimum atomic E-state index is -5.21. The highest BCUT2D eigenvalue weighted by Crippen LogP contribution is 2.56. The van der Waals surface area contributed by atoms with Crippen LogP contribution in [-0.2, 0) is 162 Å². The van der Waals surface area contributed by atoms with Gasteiger partial charge in [0.15, 0.2) is 0 Å². The average molecular weight is 1720 g/mol. The van der Waals surface area contributed by atoms with Gasteiger partial charge in [-0.15, -0.1) is 0 Å². The fourth-order valence-electron chi connectivity index (χ4n) is 14.3. The molecule has 3 aliphatic heterocycles. The molecule has 0 aliphatic carbocycles. The van der Waals surface area contributed by atoms with Crippen molar-refractivity contribution in [2.45, 2.75) is 177 Å². The highest BCUT2D eigenvalue weighted by atomic mass is 31.2. The van der Waals surface area contributed by atoms with Crippen LogP contribution in [0.4, 0.5) is 0 Å². The lowest BCUT2D eigenvalue weighted by Gasteiger charge is -2.47. The summed E-state index contributed by atoms with van der Waals surface area (Å²) in [5, 5.41) is 36.0. The number of rotatable bonds is 52. The number of aliphatic hydroxyl groups is 1. The predicted octanol–water partition coefficient (Wildman–Crippen LogP) is 15.2. The summed E-state index contributed by atoms with van der Waals surface area (Å²) >= 11 is 0. The maximum atomic E-state index is 16.8. The number of hydrogen-bond donors (Lipinski definition) is 2. The van der Waals surface area contributed by atoms with Crippen LogP contribution in [0.15, 0.2) is 273 Å². The van der Waals surface area contributed by atoms with Gasteiger partial charge in [0.05, 0.1) is 137 Å². The molecule has 3 aliphatic rings. The van der Waals surface area contributed by atoms with E-state index in [1.807, 2.05) is 273 Å². The zero-order chi connectivity index (χ0) is 85.4. The zero-order valence-corrected chi connectivity index (χ0v) is 70.7. The van der Waals surface area contributed by atoms with Crippen molar-refractivity contribution in [2.75, 3.05) is 66.5 Å². The maximum Gasteiger partial charge on any atom is 0.475 e. The van der Waals surface area contributed by atoms with Crippen LogP contribution in [0.3, 0.4) is 0 Å². The van der Waals surface area contributed by atoms with Crippen molar-refractivity contribution >= 4 is 21.6 Å². The van der Waals surface area contributed by atoms with E-state index >= 15 is 9.13 Å². The second kappa shape index (κ2) is 50.9. The van der Waals surface area contributed by atoms with E-state index in [1.165, 1.54) is 0 Å². The highest BCUT2D eigenvalue weighted by Gasteiger charge is 2.56. The first-order chi connectivity index (χ1) is 60.4. The first kappa shape index (κ1) is 93.3. The van der Waals surface area contributed by atoms with Crippen molar-refractivity contribution in [3.63, 3.8) is 0 Å². The SMILES string of the molecule is CNC(=O)CCCOC[C@@H]1O[C@H](COCc2ccccc2)C(OCc2ccccc2)C(OP(=O)(OCCC#N)OC[C@@H]2O[C@H](COCc3ccccc3)C(OCc3ccccc3)C(OP(=O)(OCCC#N)OC[C@@H]3O[C@H](COCc4ccccc4)C(OCc4ccccc4)C(O)C3OCc3ccccc3)C2OCc2ccccc2)C1OCc1ccccc1. The molecule has 11 unspecified atom stereocenters. The van der Waals surface area contributed by atoms with E-state index < -0.39 is 134 Å². The molecular formula is C95H109N3O23P2. The second-order valence-corrected chi connectivity index (χ2v) is 32.9. The molecule has 0 bridgehead atoms. The van der Waals surface area contributed by atoms with Gasteiger partial charge in [-0.1, -0.05) is 273 Å². The van der Waals surface area contributed by atoms with Crippen LogP contribution in [-0.4, -0.2) is 169 Å². The maximum absolute atomic E-state index is 16.8. The number of phosphoric acid groups is 2. The Labute approximate surface area is 719 Å². The van der Waals surface area contributed by atoms with Crippen molar-refractivity contribution in [1.82, 2.24) is 5.32 Å². The fraction of sp³-hybridized carbons (Fsp3) is 0.400. The van der Waals surface area contributed by atoms with Gasteiger partial charge in [0.2, 0.25) is 5.91 Å². The van der Waals surface area contributed by atoms with Gasteiger partial charge in [0.25, 0.3) is 0 Å². The van der Waals surface area contributed by atoms with Crippen LogP contribution in [0, 0.1) is 22.7 Å². The van der Waals surface area contributed by atoms with Crippen LogP contribution >= 0.6 is 15.6 Å². The van der Waals surface area contributed by atoms with E-state index in [2.05, 4.69) is 17.5 Å². The van der Waals surface area contributed by atoms with E-state index in [-0.39, 0.29) is 118 Å². The van der Waals surface area contributed by atoms with E-state index in [4.69, 9.17) is 88.7 Å². The summed E-state index contributed by atoms with van der Waals surface area (Å²) in [5.41, 5.74) is 7.08. The van der Waals surface area contributed by atoms with E-state index in [9.17, 15) is 20.4 Å². The lowest BCUT2D eigenvalue weighted by Crippen LogP contribution is -2.62. The molecule has 0 saturated carbocycles. The number of amides is 1. The van der Waals surface area contributed by atoms with Crippen molar-refractivity contribution in [3.8, 4) is 12.1 Å². The Bertz CT molecular complexity index is 4640. The minimum Gasteiger partial charge on any atom is -0.387 e. The summed E-state index contributed by atoms with van der Waals surface area (Å²) in [4.78, 5) is 12.5. The van der Waals surface area contributed by atoms with E-state index in [0.717, 1.165) is 44.5 Å². The van der Waals surface area contributed by atoms with Crippen LogP contribution in [0.25, 0.3) is 0 Å². The minimum absolute atomic E-state index is 0.0137. The Balaban J connectivity index is 0.938. The molecule has 3 heterocycles. The Morgan fingerprint density at radius 2 is 0.561 bits per heavy atom. The Kier molecular flexibility index (Phi) is 38.6. The number of hydrogen-bond acceptors (Lipinski definition) is 25. The third-order valence-electron chi connectivity index (χ3n) is 20.6. The average Bonchev–Trinajstić information content (AvgIpc) is 0.771. The molecule has 26 nitrogen and oxygen atoms in total. The molecule has 9 aromatic carbocycles. The quantitative estimate of drug-likeness (QED) is 0.0264. The standard InChI is InChI=1S/C95H109N3O23P2/c1-98-86(99)50-29-53-103-65-81-90(109-61-76-42-21-7-22-43-76)94(91(110-62-77-44-23-8-24-45-77)82(118-81)67-105-57-72-34-13-3-14-35-72)120-123(102,114-55-31-52-97)116-70-85-93(112-64-79-48-27-10-28-49-79)95(92(111-63-78-46-25-9-26-47-78)83(119-85)68-106-58-73-36-15-4-16-37-73)121-122(101,113-54-30-51-96)115-69-84-89(108-60-75-40-19-6-20-41-75)87(100)88(107-59-74-38-17-5-18-39-74)80(117-84)66-104-56-71-32-11-2-12-33-71/h2-28,32-49,80-85,87-95,100H,29-31,50,53-70H2,1H3,(H,98,99)/t80-,81+,82-,83-,84+,85+,87?,88?,89?,90?,91?,92?,93?,94?,95?,122?,123?/m1/s1. The van der Waals surface area contributed by atoms with Gasteiger partial charge in [-0.2, -0.15) is 10.5 Å². The summed E-state index contributed by atoms with van der Waals surface area (Å²) in [6.45, 7) is -2.61. The predicted molar refractivity (Wildman–Crippen MR) is 454 cm³/mol. The van der Waals surface area contributed by atoms with Crippen LogP contribution in [0.2, 0.25) is 0 Å². The van der Waals surface area contributed by atoms with Crippen LogP contribution in [0.1, 0.15) is 75.8 Å². The molecule has 0 aromatic heterocycles. The fourth-order valence-corrected chi connectivity index (χ4v) is 17.1. The van der Waals surface area contributed by atoms with Crippen molar-refractivity contribution < 1.29 is 108 Å². The molecule has 123 heavy (non-hydrogen) atoms. The number of nitrogens with one attached hydrogen (secondary N) is 1. The van der Waals surface area contributed by atoms with Crippen molar-refractivity contribution in [3.05, 3.63) is 323 Å². The van der Waals surface area contributed by atoms with E-state index in [1.54, 1.807) is 7.05 Å². The van der Waals surface area contributed by atoms with Gasteiger partial charge in [0, 0.05) is 20.1 Å². The molecular weight excluding hydrogens is 1610 g/mol. The molecule has 12 rings (SSSR count). The molecule has 1 amide bonds. The molecule has 3 saturated heterocycles. The monoisotopic (exact) mass is 1720 g/mol. The number of nitrogens with zero attached hydrogens (tertiary/aromatic N) is 2. The highest BCUT2D eigenvalue weighted by molar-refractivity contribution is 7.48. The molecule has 0 spiro atoms. The molecule has 3 fully saturated rings. The zero-order valence-electron chi connectivity index (χ0n) is 68.9. The van der Waals surface area contributed by atoms with Gasteiger partial charge < -0.3 is 72.0 Å². The topological polar surface area (TPSA) is 306 Å².